The van der Waals surface area contributed by atoms with Crippen LogP contribution in [0.2, 0.25) is 5.02 Å². The molecule has 0 radical (unpaired) electrons. The molecule has 78 valence electrons. The van der Waals surface area contributed by atoms with E-state index < -0.39 is 5.82 Å². The van der Waals surface area contributed by atoms with Crippen molar-refractivity contribution in [3.8, 4) is 11.8 Å². The molecule has 0 unspecified atom stereocenters. The number of hydrogen-bond donors (Lipinski definition) is 0. The molecule has 0 aliphatic heterocycles. The third-order valence-electron chi connectivity index (χ3n) is 2.06. The van der Waals surface area contributed by atoms with Crippen molar-refractivity contribution in [1.82, 2.24) is 0 Å². The van der Waals surface area contributed by atoms with Gasteiger partial charge in [-0.25, -0.2) is 4.39 Å². The minimum Gasteiger partial charge on any atom is -0.489 e. The maximum atomic E-state index is 13.3. The summed E-state index contributed by atoms with van der Waals surface area (Å²) in [5, 5.41) is 8.83. The van der Waals surface area contributed by atoms with Gasteiger partial charge in [0.25, 0.3) is 0 Å². The lowest BCUT2D eigenvalue weighted by atomic mass is 10.2. The maximum Gasteiger partial charge on any atom is 0.157 e. The normalized spacial score (nSPS) is 14.8. The highest BCUT2D eigenvalue weighted by molar-refractivity contribution is 9.10. The third kappa shape index (κ3) is 2.09. The van der Waals surface area contributed by atoms with Crippen molar-refractivity contribution >= 4 is 27.5 Å². The van der Waals surface area contributed by atoms with Gasteiger partial charge < -0.3 is 4.74 Å². The predicted octanol–water partition coefficient (Wildman–Crippen LogP) is 3.65. The van der Waals surface area contributed by atoms with E-state index in [2.05, 4.69) is 15.9 Å². The number of rotatable bonds is 2. The zero-order chi connectivity index (χ0) is 11.0. The van der Waals surface area contributed by atoms with Gasteiger partial charge in [0, 0.05) is 6.07 Å². The lowest BCUT2D eigenvalue weighted by Gasteiger charge is -2.09. The maximum absolute atomic E-state index is 13.3. The molecule has 1 aliphatic carbocycles. The van der Waals surface area contributed by atoms with Crippen molar-refractivity contribution in [2.45, 2.75) is 18.9 Å². The van der Waals surface area contributed by atoms with Crippen molar-refractivity contribution in [2.24, 2.45) is 0 Å². The van der Waals surface area contributed by atoms with E-state index in [1.54, 1.807) is 0 Å². The van der Waals surface area contributed by atoms with Crippen LogP contribution in [-0.4, -0.2) is 6.10 Å². The lowest BCUT2D eigenvalue weighted by Crippen LogP contribution is -2.00. The first kappa shape index (κ1) is 10.7. The van der Waals surface area contributed by atoms with E-state index in [0.29, 0.717) is 5.75 Å². The largest absolute Gasteiger partial charge is 0.489 e. The van der Waals surface area contributed by atoms with Crippen molar-refractivity contribution in [1.29, 1.82) is 5.26 Å². The Kier molecular flexibility index (Phi) is 2.85. The fourth-order valence-corrected chi connectivity index (χ4v) is 1.94. The van der Waals surface area contributed by atoms with Gasteiger partial charge >= 0.3 is 0 Å². The Labute approximate surface area is 99.7 Å². The summed E-state index contributed by atoms with van der Waals surface area (Å²) in [6.45, 7) is 0. The Morgan fingerprint density at radius 3 is 2.80 bits per heavy atom. The fraction of sp³-hybridized carbons (Fsp3) is 0.300. The van der Waals surface area contributed by atoms with Crippen molar-refractivity contribution < 1.29 is 9.13 Å². The minimum atomic E-state index is -0.628. The van der Waals surface area contributed by atoms with E-state index in [4.69, 9.17) is 21.6 Å². The van der Waals surface area contributed by atoms with Gasteiger partial charge in [0.15, 0.2) is 5.82 Å². The van der Waals surface area contributed by atoms with E-state index in [0.717, 1.165) is 12.8 Å². The first-order valence-electron chi connectivity index (χ1n) is 4.37. The Morgan fingerprint density at radius 1 is 1.60 bits per heavy atom. The van der Waals surface area contributed by atoms with Gasteiger partial charge in [-0.1, -0.05) is 11.6 Å². The van der Waals surface area contributed by atoms with Crippen LogP contribution in [0.5, 0.6) is 5.75 Å². The molecule has 1 fully saturated rings. The van der Waals surface area contributed by atoms with Crippen LogP contribution < -0.4 is 4.74 Å². The van der Waals surface area contributed by atoms with Crippen LogP contribution in [-0.2, 0) is 0 Å². The molecular weight excluding hydrogens is 284 g/mol. The van der Waals surface area contributed by atoms with Gasteiger partial charge in [-0.2, -0.15) is 5.26 Å². The van der Waals surface area contributed by atoms with E-state index >= 15 is 0 Å². The molecule has 2 nitrogen and oxygen atoms in total. The Hall–Kier alpha value is -0.790. The highest BCUT2D eigenvalue weighted by Crippen LogP contribution is 2.37. The van der Waals surface area contributed by atoms with Crippen LogP contribution in [0.15, 0.2) is 10.5 Å². The smallest absolute Gasteiger partial charge is 0.157 e. The molecular formula is C10H6BrClFNO. The van der Waals surface area contributed by atoms with Crippen LogP contribution in [0.4, 0.5) is 4.39 Å². The van der Waals surface area contributed by atoms with Crippen LogP contribution in [0, 0.1) is 17.1 Å². The average Bonchev–Trinajstić information content (AvgIpc) is 2.99. The number of benzene rings is 1. The minimum absolute atomic E-state index is 0.0449. The number of ether oxygens (including phenoxy) is 1. The number of hydrogen-bond acceptors (Lipinski definition) is 2. The number of nitrogens with zero attached hydrogens (tertiary/aromatic N) is 1. The molecule has 1 saturated carbocycles. The quantitative estimate of drug-likeness (QED) is 0.779. The Bertz CT molecular complexity index is 454. The van der Waals surface area contributed by atoms with Gasteiger partial charge in [-0.15, -0.1) is 0 Å². The van der Waals surface area contributed by atoms with Crippen LogP contribution in [0.1, 0.15) is 18.4 Å². The molecule has 0 heterocycles. The summed E-state index contributed by atoms with van der Waals surface area (Å²) in [6, 6.07) is 3.24. The molecule has 1 aromatic rings. The molecule has 0 N–H and O–H groups in total. The monoisotopic (exact) mass is 289 g/mol. The summed E-state index contributed by atoms with van der Waals surface area (Å²) < 4.78 is 18.8. The van der Waals surface area contributed by atoms with Crippen molar-refractivity contribution in [3.05, 3.63) is 26.9 Å². The third-order valence-corrected chi connectivity index (χ3v) is 3.08. The summed E-state index contributed by atoms with van der Waals surface area (Å²) in [5.74, 6) is -0.283. The summed E-state index contributed by atoms with van der Waals surface area (Å²) >= 11 is 8.65. The van der Waals surface area contributed by atoms with E-state index in [9.17, 15) is 4.39 Å². The highest BCUT2D eigenvalue weighted by atomic mass is 79.9. The molecule has 1 aliphatic rings. The molecule has 0 bridgehead atoms. The van der Waals surface area contributed by atoms with Crippen LogP contribution in [0.3, 0.4) is 0 Å². The molecule has 1 aromatic carbocycles. The van der Waals surface area contributed by atoms with E-state index in [-0.39, 0.29) is 21.2 Å². The van der Waals surface area contributed by atoms with E-state index in [1.165, 1.54) is 6.07 Å². The average molecular weight is 291 g/mol. The standard InChI is InChI=1S/C10H6BrClFNO/c11-9-6(4-14)8(15-5-1-2-5)3-7(12)10(9)13/h3,5H,1-2H2. The second-order valence-corrected chi connectivity index (χ2v) is 4.49. The summed E-state index contributed by atoms with van der Waals surface area (Å²) in [7, 11) is 0. The SMILES string of the molecule is N#Cc1c(OC2CC2)cc(Cl)c(F)c1Br. The van der Waals surface area contributed by atoms with Gasteiger partial charge in [0.1, 0.15) is 17.4 Å². The van der Waals surface area contributed by atoms with Gasteiger partial charge in [-0.05, 0) is 28.8 Å². The number of halogens is 3. The first-order valence-corrected chi connectivity index (χ1v) is 5.55. The Morgan fingerprint density at radius 2 is 2.27 bits per heavy atom. The molecule has 0 amide bonds. The topological polar surface area (TPSA) is 33.0 Å². The molecule has 0 aromatic heterocycles. The zero-order valence-electron chi connectivity index (χ0n) is 7.56. The second kappa shape index (κ2) is 3.99. The van der Waals surface area contributed by atoms with Gasteiger partial charge in [-0.3, -0.25) is 0 Å². The molecule has 15 heavy (non-hydrogen) atoms. The molecule has 5 heteroatoms. The summed E-state index contributed by atoms with van der Waals surface area (Å²) in [4.78, 5) is 0. The number of nitriles is 1. The Balaban J connectivity index is 2.47. The summed E-state index contributed by atoms with van der Waals surface area (Å²) in [5.41, 5.74) is 0.156. The van der Waals surface area contributed by atoms with Crippen molar-refractivity contribution in [3.63, 3.8) is 0 Å². The lowest BCUT2D eigenvalue weighted by molar-refractivity contribution is 0.301. The predicted molar refractivity (Wildman–Crippen MR) is 57.5 cm³/mol. The molecule has 0 spiro atoms. The second-order valence-electron chi connectivity index (χ2n) is 3.29. The highest BCUT2D eigenvalue weighted by Gasteiger charge is 2.26. The molecule has 0 atom stereocenters. The first-order chi connectivity index (χ1) is 7.13. The van der Waals surface area contributed by atoms with Gasteiger partial charge in [0.2, 0.25) is 0 Å². The zero-order valence-corrected chi connectivity index (χ0v) is 9.90. The van der Waals surface area contributed by atoms with Crippen LogP contribution >= 0.6 is 27.5 Å². The van der Waals surface area contributed by atoms with Crippen molar-refractivity contribution in [2.75, 3.05) is 0 Å². The van der Waals surface area contributed by atoms with Crippen LogP contribution in [0.25, 0.3) is 0 Å². The van der Waals surface area contributed by atoms with E-state index in [1.807, 2.05) is 6.07 Å². The molecule has 0 saturated heterocycles. The van der Waals surface area contributed by atoms with Gasteiger partial charge in [0.05, 0.1) is 15.6 Å². The summed E-state index contributed by atoms with van der Waals surface area (Å²) in [6.07, 6.45) is 2.08. The fourth-order valence-electron chi connectivity index (χ4n) is 1.14. The molecule has 2 rings (SSSR count).